The van der Waals surface area contributed by atoms with Gasteiger partial charge in [-0.2, -0.15) is 0 Å². The van der Waals surface area contributed by atoms with Crippen LogP contribution in [-0.2, 0) is 11.4 Å². The fourth-order valence-corrected chi connectivity index (χ4v) is 4.29. The maximum atomic E-state index is 13.2. The molecule has 170 valence electrons. The molecule has 0 radical (unpaired) electrons. The molecule has 0 bridgehead atoms. The Morgan fingerprint density at radius 3 is 2.58 bits per heavy atom. The maximum absolute atomic E-state index is 13.2. The van der Waals surface area contributed by atoms with E-state index >= 15 is 0 Å². The number of rotatable bonds is 7. The molecular weight excluding hydrogens is 442 g/mol. The highest BCUT2D eigenvalue weighted by Crippen LogP contribution is 2.33. The quantitative estimate of drug-likeness (QED) is 0.513. The Labute approximate surface area is 197 Å². The molecule has 0 spiro atoms. The number of hydrogen-bond acceptors (Lipinski definition) is 4. The standard InChI is InChI=1S/C26H24ClNO5/c1-32-19-6-4-7-20(15-19)33-16-18-12-11-17(14-22(18)21-8-2-3-9-23(21)27)25(29)28-13-5-10-24(28)26(30)31/h2-4,6-9,11-12,14-15,24H,5,10,13,16H2,1H3,(H,30,31). The summed E-state index contributed by atoms with van der Waals surface area (Å²) < 4.78 is 11.2. The molecule has 33 heavy (non-hydrogen) atoms. The Bertz CT molecular complexity index is 1180. The van der Waals surface area contributed by atoms with E-state index in [0.717, 1.165) is 16.7 Å². The number of ether oxygens (including phenoxy) is 2. The van der Waals surface area contributed by atoms with Crippen LogP contribution in [0.1, 0.15) is 28.8 Å². The zero-order chi connectivity index (χ0) is 23.4. The van der Waals surface area contributed by atoms with Crippen molar-refractivity contribution in [1.82, 2.24) is 4.90 Å². The lowest BCUT2D eigenvalue weighted by atomic mass is 9.97. The highest BCUT2D eigenvalue weighted by Gasteiger charge is 2.34. The molecule has 7 heteroatoms. The minimum Gasteiger partial charge on any atom is -0.497 e. The van der Waals surface area contributed by atoms with Gasteiger partial charge in [-0.25, -0.2) is 4.79 Å². The van der Waals surface area contributed by atoms with Gasteiger partial charge in [-0.1, -0.05) is 41.9 Å². The molecule has 3 aromatic carbocycles. The largest absolute Gasteiger partial charge is 0.497 e. The molecule has 0 saturated carbocycles. The van der Waals surface area contributed by atoms with E-state index < -0.39 is 12.0 Å². The topological polar surface area (TPSA) is 76.1 Å². The van der Waals surface area contributed by atoms with Crippen LogP contribution in [0.3, 0.4) is 0 Å². The van der Waals surface area contributed by atoms with Gasteiger partial charge >= 0.3 is 5.97 Å². The van der Waals surface area contributed by atoms with Crippen molar-refractivity contribution < 1.29 is 24.2 Å². The van der Waals surface area contributed by atoms with Crippen molar-refractivity contribution in [2.45, 2.75) is 25.5 Å². The predicted octanol–water partition coefficient (Wildman–Crippen LogP) is 5.28. The predicted molar refractivity (Wildman–Crippen MR) is 126 cm³/mol. The highest BCUT2D eigenvalue weighted by atomic mass is 35.5. The number of likely N-dealkylation sites (tertiary alicyclic amines) is 1. The third-order valence-electron chi connectivity index (χ3n) is 5.76. The first kappa shape index (κ1) is 22.7. The van der Waals surface area contributed by atoms with Crippen molar-refractivity contribution in [2.24, 2.45) is 0 Å². The average molecular weight is 466 g/mol. The minimum absolute atomic E-state index is 0.254. The van der Waals surface area contributed by atoms with E-state index in [1.807, 2.05) is 42.5 Å². The van der Waals surface area contributed by atoms with Crippen LogP contribution in [0, 0.1) is 0 Å². The smallest absolute Gasteiger partial charge is 0.326 e. The summed E-state index contributed by atoms with van der Waals surface area (Å²) in [4.78, 5) is 26.2. The van der Waals surface area contributed by atoms with Crippen LogP contribution < -0.4 is 9.47 Å². The average Bonchev–Trinajstić information content (AvgIpc) is 3.33. The summed E-state index contributed by atoms with van der Waals surface area (Å²) in [6.45, 7) is 0.682. The monoisotopic (exact) mass is 465 g/mol. The Morgan fingerprint density at radius 2 is 1.82 bits per heavy atom. The number of carboxylic acid groups (broad SMARTS) is 1. The van der Waals surface area contributed by atoms with Crippen molar-refractivity contribution in [2.75, 3.05) is 13.7 Å². The molecule has 1 heterocycles. The number of benzene rings is 3. The second-order valence-corrected chi connectivity index (χ2v) is 8.22. The van der Waals surface area contributed by atoms with Gasteiger partial charge in [0.1, 0.15) is 24.1 Å². The molecule has 0 aromatic heterocycles. The fraction of sp³-hybridized carbons (Fsp3) is 0.231. The molecule has 4 rings (SSSR count). The number of carbonyl (C=O) groups is 2. The van der Waals surface area contributed by atoms with Gasteiger partial charge in [0.05, 0.1) is 7.11 Å². The van der Waals surface area contributed by atoms with Crippen LogP contribution in [0.2, 0.25) is 5.02 Å². The SMILES string of the molecule is COc1cccc(OCc2ccc(C(=O)N3CCCC3C(=O)O)cc2-c2ccccc2Cl)c1. The van der Waals surface area contributed by atoms with Gasteiger partial charge in [0.25, 0.3) is 5.91 Å². The minimum atomic E-state index is -0.976. The number of hydrogen-bond donors (Lipinski definition) is 1. The summed E-state index contributed by atoms with van der Waals surface area (Å²) in [7, 11) is 1.60. The number of methoxy groups -OCH3 is 1. The fourth-order valence-electron chi connectivity index (χ4n) is 4.05. The van der Waals surface area contributed by atoms with E-state index in [1.54, 1.807) is 31.4 Å². The number of carbonyl (C=O) groups excluding carboxylic acids is 1. The molecular formula is C26H24ClNO5. The number of halogens is 1. The molecule has 0 aliphatic carbocycles. The molecule has 1 amide bonds. The number of nitrogens with zero attached hydrogens (tertiary/aromatic N) is 1. The molecule has 1 atom stereocenters. The lowest BCUT2D eigenvalue weighted by Gasteiger charge is -2.22. The van der Waals surface area contributed by atoms with Crippen molar-refractivity contribution in [1.29, 1.82) is 0 Å². The summed E-state index contributed by atoms with van der Waals surface area (Å²) in [5.41, 5.74) is 2.80. The van der Waals surface area contributed by atoms with Crippen LogP contribution in [-0.4, -0.2) is 41.6 Å². The van der Waals surface area contributed by atoms with Crippen LogP contribution >= 0.6 is 11.6 Å². The van der Waals surface area contributed by atoms with E-state index in [-0.39, 0.29) is 12.5 Å². The van der Waals surface area contributed by atoms with Gasteiger partial charge in [-0.05, 0) is 54.3 Å². The van der Waals surface area contributed by atoms with E-state index in [2.05, 4.69) is 0 Å². The van der Waals surface area contributed by atoms with E-state index in [9.17, 15) is 14.7 Å². The van der Waals surface area contributed by atoms with E-state index in [1.165, 1.54) is 4.90 Å². The molecule has 1 unspecified atom stereocenters. The van der Waals surface area contributed by atoms with Crippen molar-refractivity contribution >= 4 is 23.5 Å². The van der Waals surface area contributed by atoms with E-state index in [4.69, 9.17) is 21.1 Å². The van der Waals surface area contributed by atoms with Crippen LogP contribution in [0.4, 0.5) is 0 Å². The van der Waals surface area contributed by atoms with Gasteiger partial charge in [0.2, 0.25) is 0 Å². The summed E-state index contributed by atoms with van der Waals surface area (Å²) in [5.74, 6) is 0.0725. The first-order valence-corrected chi connectivity index (χ1v) is 11.0. The van der Waals surface area contributed by atoms with Gasteiger partial charge < -0.3 is 19.5 Å². The first-order valence-electron chi connectivity index (χ1n) is 10.7. The van der Waals surface area contributed by atoms with Crippen molar-refractivity contribution in [3.05, 3.63) is 82.9 Å². The zero-order valence-corrected chi connectivity index (χ0v) is 18.9. The van der Waals surface area contributed by atoms with Crippen LogP contribution in [0.5, 0.6) is 11.5 Å². The van der Waals surface area contributed by atoms with Crippen LogP contribution in [0.25, 0.3) is 11.1 Å². The Morgan fingerprint density at radius 1 is 1.03 bits per heavy atom. The molecule has 1 aliphatic rings. The number of carboxylic acids is 1. The maximum Gasteiger partial charge on any atom is 0.326 e. The normalized spacial score (nSPS) is 15.3. The lowest BCUT2D eigenvalue weighted by Crippen LogP contribution is -2.40. The summed E-state index contributed by atoms with van der Waals surface area (Å²) >= 11 is 6.48. The first-order chi connectivity index (χ1) is 16.0. The third-order valence-corrected chi connectivity index (χ3v) is 6.08. The van der Waals surface area contributed by atoms with Crippen molar-refractivity contribution in [3.8, 4) is 22.6 Å². The summed E-state index contributed by atoms with van der Waals surface area (Å²) in [6, 6.07) is 19.2. The highest BCUT2D eigenvalue weighted by molar-refractivity contribution is 6.33. The molecule has 6 nitrogen and oxygen atoms in total. The molecule has 1 fully saturated rings. The van der Waals surface area contributed by atoms with Gasteiger partial charge in [0, 0.05) is 28.8 Å². The Hall–Kier alpha value is -3.51. The van der Waals surface area contributed by atoms with Gasteiger partial charge in [-0.3, -0.25) is 4.79 Å². The van der Waals surface area contributed by atoms with Gasteiger partial charge in [0.15, 0.2) is 0 Å². The summed E-state index contributed by atoms with van der Waals surface area (Å²) in [5, 5.41) is 10.0. The van der Waals surface area contributed by atoms with E-state index in [0.29, 0.717) is 41.5 Å². The lowest BCUT2D eigenvalue weighted by molar-refractivity contribution is -0.141. The Kier molecular flexibility index (Phi) is 6.84. The molecule has 1 N–H and O–H groups in total. The number of aliphatic carboxylic acids is 1. The van der Waals surface area contributed by atoms with Crippen LogP contribution in [0.15, 0.2) is 66.7 Å². The van der Waals surface area contributed by atoms with Gasteiger partial charge in [-0.15, -0.1) is 0 Å². The number of amides is 1. The second kappa shape index (κ2) is 9.96. The van der Waals surface area contributed by atoms with Crippen molar-refractivity contribution in [3.63, 3.8) is 0 Å². The molecule has 1 aliphatic heterocycles. The molecule has 3 aromatic rings. The third kappa shape index (κ3) is 4.96. The Balaban J connectivity index is 1.67. The summed E-state index contributed by atoms with van der Waals surface area (Å²) in [6.07, 6.45) is 1.14. The zero-order valence-electron chi connectivity index (χ0n) is 18.2. The second-order valence-electron chi connectivity index (χ2n) is 7.81. The molecule has 1 saturated heterocycles.